The Morgan fingerprint density at radius 2 is 1.95 bits per heavy atom. The van der Waals surface area contributed by atoms with E-state index in [0.29, 0.717) is 5.54 Å². The molecule has 0 atom stereocenters. The maximum atomic E-state index is 10.9. The molecule has 0 spiro atoms. The number of nitrogens with zero attached hydrogens (tertiary/aromatic N) is 1. The minimum absolute atomic E-state index is 0.0939. The van der Waals surface area contributed by atoms with Crippen LogP contribution in [-0.2, 0) is 17.8 Å². The highest BCUT2D eigenvalue weighted by atomic mass is 16.4. The zero-order valence-electron chi connectivity index (χ0n) is 12.4. The van der Waals surface area contributed by atoms with Gasteiger partial charge in [0.05, 0.1) is 6.42 Å². The van der Waals surface area contributed by atoms with E-state index in [1.54, 1.807) is 0 Å². The lowest BCUT2D eigenvalue weighted by molar-refractivity contribution is -0.136. The van der Waals surface area contributed by atoms with Crippen molar-refractivity contribution >= 4 is 5.97 Å². The van der Waals surface area contributed by atoms with Gasteiger partial charge in [-0.2, -0.15) is 0 Å². The standard InChI is InChI=1S/C16H24N2O2/c1-18(2)16(8-5-9-16)12-17-11-14-7-4-3-6-13(14)10-15(19)20/h3-4,6-7,17H,5,8-12H2,1-2H3,(H,19,20). The minimum atomic E-state index is -0.777. The number of carboxylic acid groups (broad SMARTS) is 1. The van der Waals surface area contributed by atoms with E-state index in [9.17, 15) is 4.79 Å². The highest BCUT2D eigenvalue weighted by Gasteiger charge is 2.38. The SMILES string of the molecule is CN(C)C1(CNCc2ccccc2CC(=O)O)CCC1. The molecule has 20 heavy (non-hydrogen) atoms. The lowest BCUT2D eigenvalue weighted by atomic mass is 9.75. The molecule has 0 heterocycles. The van der Waals surface area contributed by atoms with Crippen molar-refractivity contribution in [3.63, 3.8) is 0 Å². The summed E-state index contributed by atoms with van der Waals surface area (Å²) in [5.74, 6) is -0.777. The highest BCUT2D eigenvalue weighted by molar-refractivity contribution is 5.70. The van der Waals surface area contributed by atoms with Gasteiger partial charge in [-0.15, -0.1) is 0 Å². The van der Waals surface area contributed by atoms with Crippen molar-refractivity contribution in [1.82, 2.24) is 10.2 Å². The number of carbonyl (C=O) groups is 1. The van der Waals surface area contributed by atoms with Crippen LogP contribution in [0.4, 0.5) is 0 Å². The predicted octanol–water partition coefficient (Wildman–Crippen LogP) is 1.89. The van der Waals surface area contributed by atoms with Gasteiger partial charge in [0.25, 0.3) is 0 Å². The first-order valence-electron chi connectivity index (χ1n) is 7.20. The molecule has 0 bridgehead atoms. The Labute approximate surface area is 120 Å². The van der Waals surface area contributed by atoms with E-state index < -0.39 is 5.97 Å². The molecule has 1 saturated carbocycles. The first-order chi connectivity index (χ1) is 9.53. The number of hydrogen-bond donors (Lipinski definition) is 2. The molecule has 0 amide bonds. The number of benzene rings is 1. The van der Waals surface area contributed by atoms with Crippen LogP contribution in [0.3, 0.4) is 0 Å². The number of rotatable bonds is 7. The third-order valence-electron chi connectivity index (χ3n) is 4.46. The Morgan fingerprint density at radius 1 is 1.30 bits per heavy atom. The van der Waals surface area contributed by atoms with Crippen LogP contribution in [0.5, 0.6) is 0 Å². The molecule has 2 rings (SSSR count). The maximum Gasteiger partial charge on any atom is 0.307 e. The molecule has 0 unspecified atom stereocenters. The lowest BCUT2D eigenvalue weighted by Gasteiger charge is -2.47. The molecule has 1 aromatic carbocycles. The van der Waals surface area contributed by atoms with Crippen molar-refractivity contribution in [2.45, 2.75) is 37.8 Å². The third-order valence-corrected chi connectivity index (χ3v) is 4.46. The molecule has 1 aliphatic rings. The second-order valence-electron chi connectivity index (χ2n) is 5.92. The molecule has 4 nitrogen and oxygen atoms in total. The Bertz CT molecular complexity index is 467. The monoisotopic (exact) mass is 276 g/mol. The average molecular weight is 276 g/mol. The molecule has 0 saturated heterocycles. The molecule has 0 radical (unpaired) electrons. The van der Waals surface area contributed by atoms with Gasteiger partial charge in [-0.3, -0.25) is 4.79 Å². The predicted molar refractivity (Wildman–Crippen MR) is 79.8 cm³/mol. The fourth-order valence-electron chi connectivity index (χ4n) is 2.86. The first-order valence-corrected chi connectivity index (χ1v) is 7.20. The highest BCUT2D eigenvalue weighted by Crippen LogP contribution is 2.35. The maximum absolute atomic E-state index is 10.9. The van der Waals surface area contributed by atoms with Gasteiger partial charge in [-0.1, -0.05) is 24.3 Å². The number of hydrogen-bond acceptors (Lipinski definition) is 3. The molecule has 1 aliphatic carbocycles. The van der Waals surface area contributed by atoms with Gasteiger partial charge in [-0.25, -0.2) is 0 Å². The molecule has 0 aromatic heterocycles. The average Bonchev–Trinajstić information content (AvgIpc) is 2.33. The number of aliphatic carboxylic acids is 1. The van der Waals surface area contributed by atoms with E-state index in [2.05, 4.69) is 24.3 Å². The summed E-state index contributed by atoms with van der Waals surface area (Å²) >= 11 is 0. The molecular weight excluding hydrogens is 252 g/mol. The van der Waals surface area contributed by atoms with Crippen molar-refractivity contribution in [3.05, 3.63) is 35.4 Å². The number of nitrogens with one attached hydrogen (secondary N) is 1. The zero-order valence-corrected chi connectivity index (χ0v) is 12.4. The van der Waals surface area contributed by atoms with Gasteiger partial charge in [-0.05, 0) is 44.5 Å². The molecule has 110 valence electrons. The van der Waals surface area contributed by atoms with Crippen LogP contribution in [0.15, 0.2) is 24.3 Å². The first kappa shape index (κ1) is 15.0. The minimum Gasteiger partial charge on any atom is -0.481 e. The summed E-state index contributed by atoms with van der Waals surface area (Å²) in [6, 6.07) is 7.77. The third kappa shape index (κ3) is 3.38. The fourth-order valence-corrected chi connectivity index (χ4v) is 2.86. The Morgan fingerprint density at radius 3 is 2.45 bits per heavy atom. The smallest absolute Gasteiger partial charge is 0.307 e. The van der Waals surface area contributed by atoms with E-state index in [1.165, 1.54) is 19.3 Å². The Kier molecular flexibility index (Phi) is 4.78. The van der Waals surface area contributed by atoms with Gasteiger partial charge >= 0.3 is 5.97 Å². The van der Waals surface area contributed by atoms with Gasteiger partial charge < -0.3 is 15.3 Å². The van der Waals surface area contributed by atoms with Gasteiger partial charge in [0.1, 0.15) is 0 Å². The van der Waals surface area contributed by atoms with E-state index >= 15 is 0 Å². The van der Waals surface area contributed by atoms with Crippen LogP contribution >= 0.6 is 0 Å². The summed E-state index contributed by atoms with van der Waals surface area (Å²) in [4.78, 5) is 13.2. The summed E-state index contributed by atoms with van der Waals surface area (Å²) in [6.07, 6.45) is 3.87. The summed E-state index contributed by atoms with van der Waals surface area (Å²) < 4.78 is 0. The molecule has 1 aromatic rings. The summed E-state index contributed by atoms with van der Waals surface area (Å²) in [5.41, 5.74) is 2.28. The van der Waals surface area contributed by atoms with Crippen LogP contribution in [0.25, 0.3) is 0 Å². The second-order valence-corrected chi connectivity index (χ2v) is 5.92. The van der Waals surface area contributed by atoms with Crippen molar-refractivity contribution in [2.24, 2.45) is 0 Å². The van der Waals surface area contributed by atoms with Gasteiger partial charge in [0, 0.05) is 18.6 Å². The summed E-state index contributed by atoms with van der Waals surface area (Å²) in [6.45, 7) is 1.69. The number of likely N-dealkylation sites (N-methyl/N-ethyl adjacent to an activating group) is 1. The van der Waals surface area contributed by atoms with E-state index in [-0.39, 0.29) is 6.42 Å². The number of carboxylic acids is 1. The second kappa shape index (κ2) is 6.37. The van der Waals surface area contributed by atoms with Crippen LogP contribution in [0.1, 0.15) is 30.4 Å². The van der Waals surface area contributed by atoms with Crippen molar-refractivity contribution < 1.29 is 9.90 Å². The van der Waals surface area contributed by atoms with Crippen LogP contribution in [-0.4, -0.2) is 42.2 Å². The summed E-state index contributed by atoms with van der Waals surface area (Å²) in [7, 11) is 4.28. The van der Waals surface area contributed by atoms with Crippen LogP contribution < -0.4 is 5.32 Å². The zero-order chi connectivity index (χ0) is 14.6. The largest absolute Gasteiger partial charge is 0.481 e. The molecule has 2 N–H and O–H groups in total. The molecule has 4 heteroatoms. The van der Waals surface area contributed by atoms with Gasteiger partial charge in [0.15, 0.2) is 0 Å². The van der Waals surface area contributed by atoms with E-state index in [1.807, 2.05) is 24.3 Å². The van der Waals surface area contributed by atoms with Gasteiger partial charge in [0.2, 0.25) is 0 Å². The lowest BCUT2D eigenvalue weighted by Crippen LogP contribution is -2.56. The van der Waals surface area contributed by atoms with E-state index in [0.717, 1.165) is 24.2 Å². The van der Waals surface area contributed by atoms with Crippen molar-refractivity contribution in [2.75, 3.05) is 20.6 Å². The van der Waals surface area contributed by atoms with Crippen molar-refractivity contribution in [3.8, 4) is 0 Å². The quantitative estimate of drug-likeness (QED) is 0.798. The summed E-state index contributed by atoms with van der Waals surface area (Å²) in [5, 5.41) is 12.4. The Hall–Kier alpha value is -1.39. The van der Waals surface area contributed by atoms with E-state index in [4.69, 9.17) is 5.11 Å². The molecular formula is C16H24N2O2. The van der Waals surface area contributed by atoms with Crippen LogP contribution in [0, 0.1) is 0 Å². The van der Waals surface area contributed by atoms with Crippen molar-refractivity contribution in [1.29, 1.82) is 0 Å². The molecule has 0 aliphatic heterocycles. The van der Waals surface area contributed by atoms with Crippen LogP contribution in [0.2, 0.25) is 0 Å². The Balaban J connectivity index is 1.92. The topological polar surface area (TPSA) is 52.6 Å². The fraction of sp³-hybridized carbons (Fsp3) is 0.562. The normalized spacial score (nSPS) is 16.9. The molecule has 1 fully saturated rings.